The zero-order valence-corrected chi connectivity index (χ0v) is 21.2. The van der Waals surface area contributed by atoms with Gasteiger partial charge in [-0.2, -0.15) is 0 Å². The molecule has 0 N–H and O–H groups in total. The third-order valence-corrected chi connectivity index (χ3v) is 5.94. The number of nitrogens with zero attached hydrogens (tertiary/aromatic N) is 2. The Hall–Kier alpha value is -1.55. The molecule has 1 aromatic carbocycles. The number of ether oxygens (including phenoxy) is 1. The second-order valence-corrected chi connectivity index (χ2v) is 9.22. The highest BCUT2D eigenvalue weighted by atomic mass is 16.5. The maximum atomic E-state index is 12.5. The van der Waals surface area contributed by atoms with Crippen molar-refractivity contribution in [2.45, 2.75) is 105 Å². The van der Waals surface area contributed by atoms with E-state index in [9.17, 15) is 4.79 Å². The van der Waals surface area contributed by atoms with E-state index in [-0.39, 0.29) is 5.97 Å². The van der Waals surface area contributed by atoms with Crippen molar-refractivity contribution in [2.75, 3.05) is 31.1 Å². The van der Waals surface area contributed by atoms with Crippen molar-refractivity contribution in [3.05, 3.63) is 29.8 Å². The van der Waals surface area contributed by atoms with E-state index in [2.05, 4.69) is 63.5 Å². The monoisotopic (exact) mass is 432 g/mol. The average molecular weight is 433 g/mol. The molecule has 31 heavy (non-hydrogen) atoms. The van der Waals surface area contributed by atoms with Gasteiger partial charge >= 0.3 is 5.97 Å². The number of carbonyl (C=O) groups excluding carboxylic acids is 1. The first kappa shape index (κ1) is 27.5. The zero-order chi connectivity index (χ0) is 23.1. The van der Waals surface area contributed by atoms with Gasteiger partial charge in [0.2, 0.25) is 0 Å². The van der Waals surface area contributed by atoms with Gasteiger partial charge in [0.15, 0.2) is 0 Å². The fourth-order valence-electron chi connectivity index (χ4n) is 4.08. The van der Waals surface area contributed by atoms with E-state index in [4.69, 9.17) is 4.74 Å². The number of esters is 1. The zero-order valence-electron chi connectivity index (χ0n) is 21.2. The molecule has 0 aromatic heterocycles. The van der Waals surface area contributed by atoms with Gasteiger partial charge in [-0.15, -0.1) is 0 Å². The summed E-state index contributed by atoms with van der Waals surface area (Å²) in [6.07, 6.45) is 10.2. The van der Waals surface area contributed by atoms with Gasteiger partial charge in [-0.25, -0.2) is 4.79 Å². The van der Waals surface area contributed by atoms with Crippen molar-refractivity contribution in [1.29, 1.82) is 0 Å². The Kier molecular flexibility index (Phi) is 14.3. The van der Waals surface area contributed by atoms with Crippen molar-refractivity contribution in [2.24, 2.45) is 0 Å². The van der Waals surface area contributed by atoms with Crippen molar-refractivity contribution in [3.8, 4) is 0 Å². The summed E-state index contributed by atoms with van der Waals surface area (Å²) in [6.45, 7) is 16.6. The van der Waals surface area contributed by atoms with E-state index in [0.29, 0.717) is 24.3 Å². The normalized spacial score (nSPS) is 11.5. The predicted octanol–water partition coefficient (Wildman–Crippen LogP) is 6.93. The van der Waals surface area contributed by atoms with Crippen LogP contribution in [-0.2, 0) is 4.74 Å². The van der Waals surface area contributed by atoms with Gasteiger partial charge in [0.05, 0.1) is 5.56 Å². The third-order valence-electron chi connectivity index (χ3n) is 5.94. The van der Waals surface area contributed by atoms with Crippen LogP contribution < -0.4 is 4.90 Å². The highest BCUT2D eigenvalue weighted by molar-refractivity contribution is 5.89. The summed E-state index contributed by atoms with van der Waals surface area (Å²) >= 11 is 0. The van der Waals surface area contributed by atoms with E-state index in [0.717, 1.165) is 19.6 Å². The Morgan fingerprint density at radius 3 is 1.74 bits per heavy atom. The Labute approximate surface area is 192 Å². The third kappa shape index (κ3) is 11.0. The number of benzene rings is 1. The highest BCUT2D eigenvalue weighted by Gasteiger charge is 2.15. The maximum absolute atomic E-state index is 12.5. The van der Waals surface area contributed by atoms with Gasteiger partial charge in [0, 0.05) is 37.4 Å². The molecule has 4 nitrogen and oxygen atoms in total. The molecule has 0 unspecified atom stereocenters. The molecule has 4 heteroatoms. The van der Waals surface area contributed by atoms with Crippen LogP contribution in [0.15, 0.2) is 24.3 Å². The predicted molar refractivity (Wildman–Crippen MR) is 134 cm³/mol. The van der Waals surface area contributed by atoms with Crippen molar-refractivity contribution < 1.29 is 9.53 Å². The molecule has 0 aliphatic rings. The number of anilines is 1. The van der Waals surface area contributed by atoms with Crippen LogP contribution in [-0.4, -0.2) is 49.2 Å². The van der Waals surface area contributed by atoms with Crippen LogP contribution in [0.5, 0.6) is 0 Å². The lowest BCUT2D eigenvalue weighted by molar-refractivity contribution is 0.0417. The minimum atomic E-state index is -0.226. The Morgan fingerprint density at radius 2 is 1.29 bits per heavy atom. The van der Waals surface area contributed by atoms with Crippen molar-refractivity contribution in [3.63, 3.8) is 0 Å². The molecule has 0 amide bonds. The average Bonchev–Trinajstić information content (AvgIpc) is 2.75. The molecule has 0 saturated carbocycles. The van der Waals surface area contributed by atoms with E-state index in [1.807, 2.05) is 12.1 Å². The number of unbranched alkanes of at least 4 members (excludes halogenated alkanes) is 6. The largest absolute Gasteiger partial charge is 0.461 e. The first-order valence-corrected chi connectivity index (χ1v) is 12.7. The van der Waals surface area contributed by atoms with Crippen LogP contribution in [0, 0.1) is 0 Å². The molecule has 0 radical (unpaired) electrons. The first-order valence-electron chi connectivity index (χ1n) is 12.7. The topological polar surface area (TPSA) is 32.8 Å². The molecule has 0 fully saturated rings. The molecule has 0 bridgehead atoms. The van der Waals surface area contributed by atoms with E-state index < -0.39 is 0 Å². The van der Waals surface area contributed by atoms with Gasteiger partial charge in [-0.3, -0.25) is 4.90 Å². The van der Waals surface area contributed by atoms with Gasteiger partial charge in [0.25, 0.3) is 0 Å². The quantitative estimate of drug-likeness (QED) is 0.197. The Balaban J connectivity index is 2.62. The molecular formula is C27H48N2O2. The maximum Gasteiger partial charge on any atom is 0.338 e. The van der Waals surface area contributed by atoms with Crippen molar-refractivity contribution >= 4 is 11.7 Å². The summed E-state index contributed by atoms with van der Waals surface area (Å²) in [5, 5.41) is 0. The summed E-state index contributed by atoms with van der Waals surface area (Å²) in [6, 6.07) is 8.91. The van der Waals surface area contributed by atoms with Crippen LogP contribution in [0.25, 0.3) is 0 Å². The SMILES string of the molecule is CCCCCCN(CCCCCC)c1ccc(C(=O)OCCN(C(C)C)C(C)C)cc1. The summed E-state index contributed by atoms with van der Waals surface area (Å²) in [5.74, 6) is -0.226. The van der Waals surface area contributed by atoms with Crippen LogP contribution >= 0.6 is 0 Å². The Morgan fingerprint density at radius 1 is 0.774 bits per heavy atom. The molecule has 0 atom stereocenters. The van der Waals surface area contributed by atoms with Crippen molar-refractivity contribution in [1.82, 2.24) is 4.90 Å². The molecule has 0 aliphatic carbocycles. The minimum absolute atomic E-state index is 0.226. The molecule has 1 aromatic rings. The highest BCUT2D eigenvalue weighted by Crippen LogP contribution is 2.18. The molecule has 178 valence electrons. The minimum Gasteiger partial charge on any atom is -0.461 e. The van der Waals surface area contributed by atoms with E-state index >= 15 is 0 Å². The van der Waals surface area contributed by atoms with Crippen LogP contribution in [0.1, 0.15) is 103 Å². The summed E-state index contributed by atoms with van der Waals surface area (Å²) in [4.78, 5) is 17.3. The fraction of sp³-hybridized carbons (Fsp3) is 0.741. The first-order chi connectivity index (χ1) is 14.9. The molecule has 0 aliphatic heterocycles. The van der Waals surface area contributed by atoms with Gasteiger partial charge in [0.1, 0.15) is 6.61 Å². The molecule has 0 heterocycles. The number of carbonyl (C=O) groups is 1. The number of rotatable bonds is 17. The summed E-state index contributed by atoms with van der Waals surface area (Å²) < 4.78 is 5.55. The second-order valence-electron chi connectivity index (χ2n) is 9.22. The molecule has 0 spiro atoms. The molecule has 0 saturated heterocycles. The molecule has 1 rings (SSSR count). The lowest BCUT2D eigenvalue weighted by atomic mass is 10.1. The standard InChI is InChI=1S/C27H48N2O2/c1-7-9-11-13-19-28(20-14-12-10-8-2)26-17-15-25(16-18-26)27(30)31-22-21-29(23(3)4)24(5)6/h15-18,23-24H,7-14,19-22H2,1-6H3. The second kappa shape index (κ2) is 16.1. The number of hydrogen-bond acceptors (Lipinski definition) is 4. The van der Waals surface area contributed by atoms with Crippen LogP contribution in [0.2, 0.25) is 0 Å². The van der Waals surface area contributed by atoms with Crippen LogP contribution in [0.4, 0.5) is 5.69 Å². The lowest BCUT2D eigenvalue weighted by Crippen LogP contribution is -2.39. The van der Waals surface area contributed by atoms with Gasteiger partial charge in [-0.1, -0.05) is 52.4 Å². The number of hydrogen-bond donors (Lipinski definition) is 0. The van der Waals surface area contributed by atoms with Crippen LogP contribution in [0.3, 0.4) is 0 Å². The fourth-order valence-corrected chi connectivity index (χ4v) is 4.08. The lowest BCUT2D eigenvalue weighted by Gasteiger charge is -2.30. The van der Waals surface area contributed by atoms with Gasteiger partial charge < -0.3 is 9.64 Å². The van der Waals surface area contributed by atoms with Gasteiger partial charge in [-0.05, 0) is 64.8 Å². The summed E-state index contributed by atoms with van der Waals surface area (Å²) in [7, 11) is 0. The van der Waals surface area contributed by atoms with E-state index in [1.54, 1.807) is 0 Å². The summed E-state index contributed by atoms with van der Waals surface area (Å²) in [5.41, 5.74) is 1.86. The molecular weight excluding hydrogens is 384 g/mol. The van der Waals surface area contributed by atoms with E-state index in [1.165, 1.54) is 57.1 Å². The Bertz CT molecular complexity index is 563. The smallest absolute Gasteiger partial charge is 0.338 e.